The van der Waals surface area contributed by atoms with E-state index in [0.29, 0.717) is 51.7 Å². The van der Waals surface area contributed by atoms with E-state index in [-0.39, 0.29) is 57.5 Å². The quantitative estimate of drug-likeness (QED) is 0.124. The van der Waals surface area contributed by atoms with Crippen LogP contribution >= 0.6 is 0 Å². The van der Waals surface area contributed by atoms with Gasteiger partial charge in [0.05, 0.1) is 16.4 Å². The second-order valence-corrected chi connectivity index (χ2v) is 23.9. The van der Waals surface area contributed by atoms with Gasteiger partial charge in [0.15, 0.2) is 5.82 Å². The first-order valence-electron chi connectivity index (χ1n) is 18.7. The summed E-state index contributed by atoms with van der Waals surface area (Å²) in [6, 6.07) is 9.17. The summed E-state index contributed by atoms with van der Waals surface area (Å²) < 4.78 is 53.5. The zero-order valence-electron chi connectivity index (χ0n) is 32.0. The molecular weight excluding hydrogens is 693 g/mol. The molecule has 11 heteroatoms. The highest BCUT2D eigenvalue weighted by Gasteiger charge is 2.46. The minimum Gasteiger partial charge on any atom is -0.473 e. The summed E-state index contributed by atoms with van der Waals surface area (Å²) in [6.45, 7) is 20.5. The first-order chi connectivity index (χ1) is 24.5. The molecule has 0 amide bonds. The van der Waals surface area contributed by atoms with Crippen LogP contribution in [0.3, 0.4) is 0 Å². The van der Waals surface area contributed by atoms with Gasteiger partial charge in [-0.25, -0.2) is 23.7 Å². The molecule has 7 rings (SSSR count). The van der Waals surface area contributed by atoms with Crippen molar-refractivity contribution in [3.05, 3.63) is 47.5 Å². The summed E-state index contributed by atoms with van der Waals surface area (Å²) in [5.74, 6) is 2.93. The maximum atomic E-state index is 17.5. The van der Waals surface area contributed by atoms with Crippen molar-refractivity contribution < 1.29 is 17.7 Å². The molecule has 2 aromatic carbocycles. The second kappa shape index (κ2) is 13.4. The fraction of sp³-hybridized carbons (Fsp3) is 0.537. The molecule has 0 radical (unpaired) electrons. The van der Waals surface area contributed by atoms with E-state index in [0.717, 1.165) is 18.2 Å². The van der Waals surface area contributed by atoms with Gasteiger partial charge in [0.2, 0.25) is 11.0 Å². The van der Waals surface area contributed by atoms with Crippen LogP contribution in [0.15, 0.2) is 35.5 Å². The fourth-order valence-corrected chi connectivity index (χ4v) is 15.0. The Balaban J connectivity index is 1.54. The molecule has 5 heterocycles. The zero-order valence-corrected chi connectivity index (χ0v) is 33.8. The summed E-state index contributed by atoms with van der Waals surface area (Å²) in [4.78, 5) is 16.7. The highest BCUT2D eigenvalue weighted by Crippen LogP contribution is 2.46. The maximum Gasteiger partial charge on any atom is 0.227 e. The van der Waals surface area contributed by atoms with Crippen LogP contribution in [-0.4, -0.2) is 64.3 Å². The molecule has 2 saturated heterocycles. The van der Waals surface area contributed by atoms with Crippen molar-refractivity contribution in [1.82, 2.24) is 20.3 Å². The van der Waals surface area contributed by atoms with Crippen molar-refractivity contribution in [2.24, 2.45) is 5.41 Å². The van der Waals surface area contributed by atoms with Crippen LogP contribution in [0, 0.1) is 28.5 Å². The second-order valence-electron chi connectivity index (χ2n) is 17.0. The molecule has 2 unspecified atom stereocenters. The highest BCUT2D eigenvalue weighted by molar-refractivity contribution is 7.84. The topological polar surface area (TPSA) is 80.2 Å². The lowest BCUT2D eigenvalue weighted by Gasteiger charge is -2.46. The van der Waals surface area contributed by atoms with Crippen molar-refractivity contribution in [3.8, 4) is 28.6 Å². The molecular formula is C41H51F2N5O2SSi. The summed E-state index contributed by atoms with van der Waals surface area (Å²) in [5.41, 5.74) is 5.09. The molecule has 0 saturated carbocycles. The Morgan fingerprint density at radius 1 is 0.981 bits per heavy atom. The molecule has 276 valence electrons. The predicted molar refractivity (Wildman–Crippen MR) is 210 cm³/mol. The van der Waals surface area contributed by atoms with Gasteiger partial charge in [-0.3, -0.25) is 4.21 Å². The third-order valence-electron chi connectivity index (χ3n) is 12.0. The lowest BCUT2D eigenvalue weighted by molar-refractivity contribution is 0.0623. The Morgan fingerprint density at radius 2 is 1.69 bits per heavy atom. The van der Waals surface area contributed by atoms with E-state index in [4.69, 9.17) is 14.7 Å². The van der Waals surface area contributed by atoms with E-state index < -0.39 is 30.5 Å². The Kier molecular flexibility index (Phi) is 9.53. The first kappa shape index (κ1) is 36.9. The first-order valence-corrected chi connectivity index (χ1v) is 22.5. The number of ether oxygens (including phenoxy) is 1. The Morgan fingerprint density at radius 3 is 2.35 bits per heavy atom. The van der Waals surface area contributed by atoms with Crippen LogP contribution in [0.5, 0.6) is 5.88 Å². The smallest absolute Gasteiger partial charge is 0.227 e. The van der Waals surface area contributed by atoms with Crippen molar-refractivity contribution in [3.63, 3.8) is 0 Å². The lowest BCUT2D eigenvalue weighted by atomic mass is 9.82. The van der Waals surface area contributed by atoms with Crippen molar-refractivity contribution in [1.29, 1.82) is 0 Å². The Labute approximate surface area is 310 Å². The minimum atomic E-state index is -2.24. The number of fused-ring (bicyclic) bond motifs is 6. The molecule has 52 heavy (non-hydrogen) atoms. The van der Waals surface area contributed by atoms with Crippen LogP contribution < -0.4 is 15.0 Å². The van der Waals surface area contributed by atoms with E-state index in [1.807, 2.05) is 12.1 Å². The molecule has 2 aromatic heterocycles. The molecule has 1 N–H and O–H groups in total. The van der Waals surface area contributed by atoms with Gasteiger partial charge in [0.25, 0.3) is 0 Å². The van der Waals surface area contributed by atoms with Crippen LogP contribution in [0.25, 0.3) is 32.9 Å². The number of hydrogen-bond acceptors (Lipinski definition) is 7. The SMILES string of the molecule is CC(C)[Si](C#Cc1c(F)ccc2cccc(-c3nc4c5c(nc(S(C)=O)nc5c3F)N3C[C@H]5CC[C@H](N5)[C@H]3CC(C(C)(C)C)O4)c12)(C(C)C)C(C)C. The molecule has 5 atom stereocenters. The van der Waals surface area contributed by atoms with E-state index in [9.17, 15) is 4.21 Å². The number of benzene rings is 2. The molecule has 2 bridgehead atoms. The van der Waals surface area contributed by atoms with Crippen LogP contribution in [-0.2, 0) is 10.8 Å². The van der Waals surface area contributed by atoms with Crippen molar-refractivity contribution >= 4 is 46.4 Å². The van der Waals surface area contributed by atoms with Gasteiger partial charge in [-0.2, -0.15) is 0 Å². The minimum absolute atomic E-state index is 0.00118. The molecule has 0 aliphatic carbocycles. The average Bonchev–Trinajstić information content (AvgIpc) is 3.46. The Hall–Kier alpha value is -3.46. The average molecular weight is 744 g/mol. The molecule has 0 spiro atoms. The van der Waals surface area contributed by atoms with Gasteiger partial charge in [-0.05, 0) is 46.3 Å². The van der Waals surface area contributed by atoms with Crippen LogP contribution in [0.1, 0.15) is 87.1 Å². The van der Waals surface area contributed by atoms with Crippen molar-refractivity contribution in [2.75, 3.05) is 17.7 Å². The van der Waals surface area contributed by atoms with Gasteiger partial charge in [0.1, 0.15) is 42.4 Å². The number of nitrogens with zero attached hydrogens (tertiary/aromatic N) is 4. The summed E-state index contributed by atoms with van der Waals surface area (Å²) in [5, 5.41) is 5.43. The van der Waals surface area contributed by atoms with Gasteiger partial charge in [-0.15, -0.1) is 5.54 Å². The van der Waals surface area contributed by atoms with E-state index in [1.165, 1.54) is 12.3 Å². The van der Waals surface area contributed by atoms with E-state index in [2.05, 4.69) is 89.0 Å². The monoisotopic (exact) mass is 743 g/mol. The summed E-state index contributed by atoms with van der Waals surface area (Å²) >= 11 is 0. The number of anilines is 1. The van der Waals surface area contributed by atoms with Crippen LogP contribution in [0.4, 0.5) is 14.6 Å². The molecule has 3 aliphatic rings. The number of nitrogens with one attached hydrogen (secondary N) is 1. The number of halogens is 2. The number of aromatic nitrogens is 3. The largest absolute Gasteiger partial charge is 0.473 e. The van der Waals surface area contributed by atoms with E-state index >= 15 is 8.78 Å². The number of rotatable bonds is 5. The number of hydrogen-bond donors (Lipinski definition) is 1. The number of pyridine rings is 1. The van der Waals surface area contributed by atoms with Gasteiger partial charge >= 0.3 is 0 Å². The maximum absolute atomic E-state index is 17.5. The molecule has 4 aromatic rings. The summed E-state index contributed by atoms with van der Waals surface area (Å²) in [6.07, 6.45) is 4.00. The Bertz CT molecular complexity index is 2140. The molecule has 7 nitrogen and oxygen atoms in total. The lowest BCUT2D eigenvalue weighted by Crippen LogP contribution is -2.60. The third-order valence-corrected chi connectivity index (χ3v) is 19.0. The van der Waals surface area contributed by atoms with Crippen molar-refractivity contribution in [2.45, 2.75) is 128 Å². The van der Waals surface area contributed by atoms with Gasteiger partial charge in [0, 0.05) is 48.3 Å². The standard InChI is InChI=1S/C41H51F2N5O2SSi/c1-22(2)52(23(3)4,24(5)6)19-18-27-29(42)16-14-25-12-11-13-28(33(25)27)36-35(43)37-34-38(47-40(46-37)51(10)49)48-21-26-15-17-30(44-26)31(48)20-32(41(7,8)9)50-39(34)45-36/h11-14,16,22-24,26,30-32,44H,15,17,20-21H2,1-10H3/t26-,30+,31-,32?,51?/m1/s1. The number of piperazine rings is 1. The zero-order chi connectivity index (χ0) is 37.4. The fourth-order valence-electron chi connectivity index (χ4n) is 9.34. The molecule has 2 fully saturated rings. The van der Waals surface area contributed by atoms with Gasteiger partial charge in [-0.1, -0.05) is 92.5 Å². The summed E-state index contributed by atoms with van der Waals surface area (Å²) in [7, 11) is -3.84. The third kappa shape index (κ3) is 6.03. The normalized spacial score (nSPS) is 22.3. The van der Waals surface area contributed by atoms with E-state index in [1.54, 1.807) is 12.1 Å². The van der Waals surface area contributed by atoms with Gasteiger partial charge < -0.3 is 15.0 Å². The predicted octanol–water partition coefficient (Wildman–Crippen LogP) is 8.94. The molecule has 3 aliphatic heterocycles. The highest BCUT2D eigenvalue weighted by atomic mass is 32.2. The van der Waals surface area contributed by atoms with Crippen LogP contribution in [0.2, 0.25) is 16.6 Å².